The van der Waals surface area contributed by atoms with Crippen LogP contribution in [0, 0.1) is 12.7 Å². The molecule has 1 amide bonds. The number of halogens is 2. The summed E-state index contributed by atoms with van der Waals surface area (Å²) in [6.07, 6.45) is 1.29. The van der Waals surface area contributed by atoms with Gasteiger partial charge in [-0.15, -0.1) is 0 Å². The Hall–Kier alpha value is -4.31. The van der Waals surface area contributed by atoms with Gasteiger partial charge in [0.1, 0.15) is 17.5 Å². The SMILES string of the molecule is C=CC(=O)N1CCN(c2nc(=O)n(-c3c(C)cc(N)nc3C(C)C)c3nc(-c4ccccc4F)c(Cl)cc23)C(C)C1. The number of aryl methyl sites for hydroxylation is 1. The van der Waals surface area contributed by atoms with Gasteiger partial charge in [-0.05, 0) is 55.7 Å². The Morgan fingerprint density at radius 1 is 1.20 bits per heavy atom. The molecule has 1 saturated heterocycles. The van der Waals surface area contributed by atoms with E-state index in [0.717, 1.165) is 0 Å². The van der Waals surface area contributed by atoms with Crippen LogP contribution in [0.4, 0.5) is 16.0 Å². The maximum atomic E-state index is 14.9. The summed E-state index contributed by atoms with van der Waals surface area (Å²) in [5.74, 6) is -0.00442. The highest BCUT2D eigenvalue weighted by atomic mass is 35.5. The Morgan fingerprint density at radius 2 is 1.93 bits per heavy atom. The van der Waals surface area contributed by atoms with Gasteiger partial charge in [-0.25, -0.2) is 23.7 Å². The second-order valence-electron chi connectivity index (χ2n) is 10.5. The molecule has 0 saturated carbocycles. The standard InChI is InChI=1S/C30H31ClFN7O2/c1-6-24(40)37-11-12-38(18(5)15-37)28-20-14-21(31)26(19-9-7-8-10-22(19)32)35-29(20)39(30(41)36-28)27-17(4)13-23(33)34-25(27)16(2)3/h6-10,13-14,16,18H,1,11-12,15H2,2-5H3,(H2,33,34). The van der Waals surface area contributed by atoms with Gasteiger partial charge in [0.25, 0.3) is 0 Å². The first-order chi connectivity index (χ1) is 19.5. The molecule has 212 valence electrons. The summed E-state index contributed by atoms with van der Waals surface area (Å²) >= 11 is 6.76. The zero-order valence-corrected chi connectivity index (χ0v) is 24.1. The van der Waals surface area contributed by atoms with Gasteiger partial charge in [0.15, 0.2) is 5.65 Å². The van der Waals surface area contributed by atoms with Crippen LogP contribution in [0.3, 0.4) is 0 Å². The second kappa shape index (κ2) is 10.9. The molecule has 41 heavy (non-hydrogen) atoms. The number of carbonyl (C=O) groups is 1. The van der Waals surface area contributed by atoms with Crippen LogP contribution in [-0.2, 0) is 4.79 Å². The smallest absolute Gasteiger partial charge is 0.355 e. The van der Waals surface area contributed by atoms with Gasteiger partial charge < -0.3 is 15.5 Å². The number of anilines is 2. The van der Waals surface area contributed by atoms with Crippen molar-refractivity contribution >= 4 is 40.2 Å². The normalized spacial score (nSPS) is 15.5. The molecular weight excluding hydrogens is 545 g/mol. The van der Waals surface area contributed by atoms with Crippen LogP contribution < -0.4 is 16.3 Å². The summed E-state index contributed by atoms with van der Waals surface area (Å²) in [5.41, 5.74) is 8.01. The summed E-state index contributed by atoms with van der Waals surface area (Å²) in [6.45, 7) is 12.6. The van der Waals surface area contributed by atoms with E-state index in [2.05, 4.69) is 16.5 Å². The molecule has 5 rings (SSSR count). The molecule has 2 N–H and O–H groups in total. The highest BCUT2D eigenvalue weighted by Crippen LogP contribution is 2.36. The highest BCUT2D eigenvalue weighted by Gasteiger charge is 2.30. The summed E-state index contributed by atoms with van der Waals surface area (Å²) < 4.78 is 16.4. The topological polar surface area (TPSA) is 110 Å². The molecule has 4 heterocycles. The molecular formula is C30H31ClFN7O2. The number of hydrogen-bond acceptors (Lipinski definition) is 7. The van der Waals surface area contributed by atoms with Crippen LogP contribution in [0.5, 0.6) is 0 Å². The maximum absolute atomic E-state index is 14.9. The van der Waals surface area contributed by atoms with Gasteiger partial charge >= 0.3 is 5.69 Å². The number of aromatic nitrogens is 4. The van der Waals surface area contributed by atoms with Crippen molar-refractivity contribution in [3.05, 3.63) is 81.6 Å². The minimum atomic E-state index is -0.574. The van der Waals surface area contributed by atoms with Gasteiger partial charge in [-0.2, -0.15) is 4.98 Å². The van der Waals surface area contributed by atoms with Crippen molar-refractivity contribution < 1.29 is 9.18 Å². The monoisotopic (exact) mass is 575 g/mol. The molecule has 1 aromatic carbocycles. The number of rotatable bonds is 5. The Balaban J connectivity index is 1.83. The maximum Gasteiger partial charge on any atom is 0.355 e. The number of pyridine rings is 2. The molecule has 0 spiro atoms. The lowest BCUT2D eigenvalue weighted by atomic mass is 10.0. The molecule has 1 unspecified atom stereocenters. The van der Waals surface area contributed by atoms with Gasteiger partial charge in [0.05, 0.1) is 27.5 Å². The van der Waals surface area contributed by atoms with Gasteiger partial charge in [0.2, 0.25) is 5.91 Å². The lowest BCUT2D eigenvalue weighted by Gasteiger charge is -2.40. The first kappa shape index (κ1) is 28.2. The average Bonchev–Trinajstić information content (AvgIpc) is 2.93. The Kier molecular flexibility index (Phi) is 7.52. The number of nitrogen functional groups attached to an aromatic ring is 1. The minimum Gasteiger partial charge on any atom is -0.384 e. The van der Waals surface area contributed by atoms with Crippen molar-refractivity contribution in [2.75, 3.05) is 30.3 Å². The van der Waals surface area contributed by atoms with Gasteiger partial charge in [0, 0.05) is 31.2 Å². The second-order valence-corrected chi connectivity index (χ2v) is 10.9. The number of carbonyl (C=O) groups excluding carboxylic acids is 1. The van der Waals surface area contributed by atoms with Crippen LogP contribution in [0.15, 0.2) is 53.8 Å². The molecule has 1 aliphatic heterocycles. The van der Waals surface area contributed by atoms with Crippen molar-refractivity contribution in [1.29, 1.82) is 0 Å². The largest absolute Gasteiger partial charge is 0.384 e. The zero-order valence-electron chi connectivity index (χ0n) is 23.4. The Bertz CT molecular complexity index is 1750. The molecule has 1 fully saturated rings. The van der Waals surface area contributed by atoms with E-state index in [9.17, 15) is 14.0 Å². The molecule has 9 nitrogen and oxygen atoms in total. The molecule has 11 heteroatoms. The predicted molar refractivity (Wildman–Crippen MR) is 160 cm³/mol. The van der Waals surface area contributed by atoms with E-state index < -0.39 is 11.5 Å². The number of piperazine rings is 1. The highest BCUT2D eigenvalue weighted by molar-refractivity contribution is 6.33. The van der Waals surface area contributed by atoms with E-state index in [1.54, 1.807) is 35.2 Å². The fraction of sp³-hybridized carbons (Fsp3) is 0.300. The number of benzene rings is 1. The zero-order chi connectivity index (χ0) is 29.6. The van der Waals surface area contributed by atoms with Crippen molar-refractivity contribution in [3.63, 3.8) is 0 Å². The van der Waals surface area contributed by atoms with Crippen LogP contribution in [0.2, 0.25) is 5.02 Å². The number of nitrogens with zero attached hydrogens (tertiary/aromatic N) is 6. The third-order valence-electron chi connectivity index (χ3n) is 7.32. The third-order valence-corrected chi connectivity index (χ3v) is 7.60. The van der Waals surface area contributed by atoms with E-state index >= 15 is 0 Å². The molecule has 1 aliphatic rings. The Labute approximate surface area is 242 Å². The molecule has 0 bridgehead atoms. The number of amides is 1. The summed E-state index contributed by atoms with van der Waals surface area (Å²) in [6, 6.07) is 9.40. The average molecular weight is 576 g/mol. The van der Waals surface area contributed by atoms with E-state index in [4.69, 9.17) is 22.3 Å². The van der Waals surface area contributed by atoms with Crippen LogP contribution in [-0.4, -0.2) is 56.0 Å². The van der Waals surface area contributed by atoms with Crippen LogP contribution in [0.1, 0.15) is 37.9 Å². The number of nitrogens with two attached hydrogens (primary N) is 1. The number of hydrogen-bond donors (Lipinski definition) is 1. The molecule has 1 atom stereocenters. The van der Waals surface area contributed by atoms with E-state index in [1.807, 2.05) is 32.6 Å². The van der Waals surface area contributed by atoms with Crippen LogP contribution in [0.25, 0.3) is 28.0 Å². The quantitative estimate of drug-likeness (QED) is 0.338. The van der Waals surface area contributed by atoms with Crippen LogP contribution >= 0.6 is 11.6 Å². The lowest BCUT2D eigenvalue weighted by molar-refractivity contribution is -0.126. The first-order valence-corrected chi connectivity index (χ1v) is 13.7. The van der Waals surface area contributed by atoms with Gasteiger partial charge in [-0.3, -0.25) is 4.79 Å². The molecule has 0 radical (unpaired) electrons. The van der Waals surface area contributed by atoms with Crippen molar-refractivity contribution in [2.24, 2.45) is 0 Å². The minimum absolute atomic E-state index is 0.0809. The molecule has 4 aromatic rings. The van der Waals surface area contributed by atoms with Crippen molar-refractivity contribution in [1.82, 2.24) is 24.4 Å². The molecule has 0 aliphatic carbocycles. The van der Waals surface area contributed by atoms with E-state index in [-0.39, 0.29) is 39.8 Å². The van der Waals surface area contributed by atoms with Gasteiger partial charge in [-0.1, -0.05) is 44.2 Å². The fourth-order valence-electron chi connectivity index (χ4n) is 5.38. The fourth-order valence-corrected chi connectivity index (χ4v) is 5.63. The van der Waals surface area contributed by atoms with Crippen molar-refractivity contribution in [2.45, 2.75) is 39.7 Å². The summed E-state index contributed by atoms with van der Waals surface area (Å²) in [5, 5.41) is 0.719. The summed E-state index contributed by atoms with van der Waals surface area (Å²) in [7, 11) is 0. The number of fused-ring (bicyclic) bond motifs is 1. The predicted octanol–water partition coefficient (Wildman–Crippen LogP) is 4.87. The molecule has 3 aromatic heterocycles. The van der Waals surface area contributed by atoms with Crippen molar-refractivity contribution in [3.8, 4) is 16.9 Å². The lowest BCUT2D eigenvalue weighted by Crippen LogP contribution is -2.54. The van der Waals surface area contributed by atoms with E-state index in [1.165, 1.54) is 16.7 Å². The Morgan fingerprint density at radius 3 is 2.59 bits per heavy atom. The van der Waals surface area contributed by atoms with E-state index in [0.29, 0.717) is 53.6 Å². The summed E-state index contributed by atoms with van der Waals surface area (Å²) in [4.78, 5) is 43.8. The third kappa shape index (κ3) is 5.04. The first-order valence-electron chi connectivity index (χ1n) is 13.3.